The smallest absolute Gasteiger partial charge is 0.258 e. The van der Waals surface area contributed by atoms with Crippen LogP contribution < -0.4 is 20.1 Å². The van der Waals surface area contributed by atoms with Crippen molar-refractivity contribution in [1.29, 1.82) is 0 Å². The van der Waals surface area contributed by atoms with Crippen LogP contribution in [-0.2, 0) is 4.79 Å². The van der Waals surface area contributed by atoms with Gasteiger partial charge >= 0.3 is 0 Å². The lowest BCUT2D eigenvalue weighted by Gasteiger charge is -2.18. The van der Waals surface area contributed by atoms with Gasteiger partial charge in [0.05, 0.1) is 14.2 Å². The molecule has 6 heteroatoms. The minimum atomic E-state index is -0.449. The van der Waals surface area contributed by atoms with E-state index in [0.717, 1.165) is 0 Å². The summed E-state index contributed by atoms with van der Waals surface area (Å²) < 4.78 is 10.4. The van der Waals surface area contributed by atoms with Crippen LogP contribution in [0.4, 0.5) is 0 Å². The van der Waals surface area contributed by atoms with Crippen LogP contribution in [0.15, 0.2) is 18.2 Å². The van der Waals surface area contributed by atoms with Crippen LogP contribution >= 0.6 is 0 Å². The number of benzene rings is 1. The molecule has 2 amide bonds. The summed E-state index contributed by atoms with van der Waals surface area (Å²) in [5.74, 6) is 0.516. The Morgan fingerprint density at radius 3 is 1.95 bits per heavy atom. The van der Waals surface area contributed by atoms with Crippen LogP contribution in [0.1, 0.15) is 31.1 Å². The van der Waals surface area contributed by atoms with E-state index < -0.39 is 5.41 Å². The normalized spacial score (nSPS) is 10.8. The molecule has 0 aliphatic carbocycles. The first kappa shape index (κ1) is 17.8. The largest absolute Gasteiger partial charge is 0.496 e. The number of rotatable bonds is 6. The van der Waals surface area contributed by atoms with Crippen LogP contribution in [0.5, 0.6) is 11.5 Å². The Morgan fingerprint density at radius 2 is 1.50 bits per heavy atom. The lowest BCUT2D eigenvalue weighted by atomic mass is 9.96. The van der Waals surface area contributed by atoms with Gasteiger partial charge < -0.3 is 20.1 Å². The SMILES string of the molecule is COc1cccc(OC)c1C(=O)NCCNC(=O)C(C)(C)C. The number of ether oxygens (including phenoxy) is 2. The Bertz CT molecular complexity index is 513. The van der Waals surface area contributed by atoms with Gasteiger partial charge in [-0.25, -0.2) is 0 Å². The van der Waals surface area contributed by atoms with Crippen molar-refractivity contribution in [2.75, 3.05) is 27.3 Å². The van der Waals surface area contributed by atoms with Gasteiger partial charge in [0, 0.05) is 18.5 Å². The zero-order valence-corrected chi connectivity index (χ0v) is 13.8. The Balaban J connectivity index is 2.62. The first-order valence-corrected chi connectivity index (χ1v) is 7.08. The van der Waals surface area contributed by atoms with Crippen molar-refractivity contribution in [3.63, 3.8) is 0 Å². The molecule has 0 saturated carbocycles. The first-order chi connectivity index (χ1) is 10.3. The molecule has 0 radical (unpaired) electrons. The highest BCUT2D eigenvalue weighted by Gasteiger charge is 2.21. The predicted octanol–water partition coefficient (Wildman–Crippen LogP) is 1.60. The summed E-state index contributed by atoms with van der Waals surface area (Å²) in [5, 5.41) is 5.51. The fraction of sp³-hybridized carbons (Fsp3) is 0.500. The molecule has 2 N–H and O–H groups in total. The summed E-state index contributed by atoms with van der Waals surface area (Å²) >= 11 is 0. The highest BCUT2D eigenvalue weighted by Crippen LogP contribution is 2.27. The quantitative estimate of drug-likeness (QED) is 0.783. The second-order valence-corrected chi connectivity index (χ2v) is 5.80. The van der Waals surface area contributed by atoms with E-state index in [2.05, 4.69) is 10.6 Å². The molecule has 122 valence electrons. The second-order valence-electron chi connectivity index (χ2n) is 5.80. The maximum absolute atomic E-state index is 12.3. The lowest BCUT2D eigenvalue weighted by molar-refractivity contribution is -0.128. The number of methoxy groups -OCH3 is 2. The molecule has 1 rings (SSSR count). The van der Waals surface area contributed by atoms with Crippen LogP contribution in [0, 0.1) is 5.41 Å². The molecule has 0 saturated heterocycles. The van der Waals surface area contributed by atoms with Gasteiger partial charge in [-0.05, 0) is 12.1 Å². The van der Waals surface area contributed by atoms with Gasteiger partial charge in [-0.1, -0.05) is 26.8 Å². The van der Waals surface area contributed by atoms with E-state index in [-0.39, 0.29) is 11.8 Å². The first-order valence-electron chi connectivity index (χ1n) is 7.08. The van der Waals surface area contributed by atoms with E-state index in [1.54, 1.807) is 18.2 Å². The number of hydrogen-bond donors (Lipinski definition) is 2. The monoisotopic (exact) mass is 308 g/mol. The van der Waals surface area contributed by atoms with Crippen molar-refractivity contribution in [2.24, 2.45) is 5.41 Å². The molecule has 22 heavy (non-hydrogen) atoms. The van der Waals surface area contributed by atoms with Crippen molar-refractivity contribution in [1.82, 2.24) is 10.6 Å². The van der Waals surface area contributed by atoms with Crippen molar-refractivity contribution >= 4 is 11.8 Å². The highest BCUT2D eigenvalue weighted by molar-refractivity contribution is 5.99. The fourth-order valence-electron chi connectivity index (χ4n) is 1.78. The molecular weight excluding hydrogens is 284 g/mol. The maximum Gasteiger partial charge on any atom is 0.258 e. The van der Waals surface area contributed by atoms with Gasteiger partial charge in [-0.2, -0.15) is 0 Å². The molecule has 0 fully saturated rings. The summed E-state index contributed by atoms with van der Waals surface area (Å²) in [6.07, 6.45) is 0. The van der Waals surface area contributed by atoms with Crippen LogP contribution in [0.3, 0.4) is 0 Å². The molecule has 0 aromatic heterocycles. The molecule has 0 unspecified atom stereocenters. The van der Waals surface area contributed by atoms with Gasteiger partial charge in [0.15, 0.2) is 0 Å². The number of nitrogens with one attached hydrogen (secondary N) is 2. The lowest BCUT2D eigenvalue weighted by Crippen LogP contribution is -2.40. The van der Waals surface area contributed by atoms with E-state index in [4.69, 9.17) is 9.47 Å². The number of amides is 2. The molecule has 1 aromatic carbocycles. The third kappa shape index (κ3) is 4.65. The van der Waals surface area contributed by atoms with E-state index in [1.165, 1.54) is 14.2 Å². The molecule has 0 aliphatic heterocycles. The molecule has 0 spiro atoms. The highest BCUT2D eigenvalue weighted by atomic mass is 16.5. The standard InChI is InChI=1S/C16H24N2O4/c1-16(2,3)15(20)18-10-9-17-14(19)13-11(21-4)7-6-8-12(13)22-5/h6-8H,9-10H2,1-5H3,(H,17,19)(H,18,20). The molecule has 0 heterocycles. The summed E-state index contributed by atoms with van der Waals surface area (Å²) in [6, 6.07) is 5.13. The Morgan fingerprint density at radius 1 is 1.00 bits per heavy atom. The van der Waals surface area contributed by atoms with Crippen LogP contribution in [0.25, 0.3) is 0 Å². The van der Waals surface area contributed by atoms with Crippen LogP contribution in [-0.4, -0.2) is 39.1 Å². The van der Waals surface area contributed by atoms with Crippen LogP contribution in [0.2, 0.25) is 0 Å². The molecular formula is C16H24N2O4. The number of hydrogen-bond acceptors (Lipinski definition) is 4. The molecule has 0 aliphatic rings. The zero-order valence-electron chi connectivity index (χ0n) is 13.8. The second kappa shape index (κ2) is 7.68. The van der Waals surface area contributed by atoms with Crippen molar-refractivity contribution in [3.8, 4) is 11.5 Å². The van der Waals surface area contributed by atoms with Crippen molar-refractivity contribution in [2.45, 2.75) is 20.8 Å². The van der Waals surface area contributed by atoms with Gasteiger partial charge in [0.1, 0.15) is 17.1 Å². The maximum atomic E-state index is 12.3. The van der Waals surface area contributed by atoms with Gasteiger partial charge in [0.25, 0.3) is 5.91 Å². The van der Waals surface area contributed by atoms with Crippen molar-refractivity contribution < 1.29 is 19.1 Å². The minimum absolute atomic E-state index is 0.0587. The third-order valence-corrected chi connectivity index (χ3v) is 3.03. The molecule has 1 aromatic rings. The molecule has 0 bridgehead atoms. The van der Waals surface area contributed by atoms with E-state index >= 15 is 0 Å². The van der Waals surface area contributed by atoms with E-state index in [9.17, 15) is 9.59 Å². The number of carbonyl (C=O) groups excluding carboxylic acids is 2. The molecule has 6 nitrogen and oxygen atoms in total. The third-order valence-electron chi connectivity index (χ3n) is 3.03. The Hall–Kier alpha value is -2.24. The predicted molar refractivity (Wildman–Crippen MR) is 84.3 cm³/mol. The van der Waals surface area contributed by atoms with E-state index in [1.807, 2.05) is 20.8 Å². The Kier molecular flexibility index (Phi) is 6.22. The fourth-order valence-corrected chi connectivity index (χ4v) is 1.78. The molecule has 0 atom stereocenters. The summed E-state index contributed by atoms with van der Waals surface area (Å²) in [5.41, 5.74) is -0.106. The average Bonchev–Trinajstić information content (AvgIpc) is 2.49. The van der Waals surface area contributed by atoms with Gasteiger partial charge in [0.2, 0.25) is 5.91 Å². The summed E-state index contributed by atoms with van der Waals surface area (Å²) in [6.45, 7) is 6.18. The zero-order chi connectivity index (χ0) is 16.8. The number of carbonyl (C=O) groups is 2. The van der Waals surface area contributed by atoms with Gasteiger partial charge in [-0.3, -0.25) is 9.59 Å². The Labute approximate surface area is 131 Å². The van der Waals surface area contributed by atoms with Crippen molar-refractivity contribution in [3.05, 3.63) is 23.8 Å². The minimum Gasteiger partial charge on any atom is -0.496 e. The topological polar surface area (TPSA) is 76.7 Å². The van der Waals surface area contributed by atoms with E-state index in [0.29, 0.717) is 30.2 Å². The van der Waals surface area contributed by atoms with Gasteiger partial charge in [-0.15, -0.1) is 0 Å². The average molecular weight is 308 g/mol. The summed E-state index contributed by atoms with van der Waals surface area (Å²) in [7, 11) is 2.99. The summed E-state index contributed by atoms with van der Waals surface area (Å²) in [4.78, 5) is 24.0.